The van der Waals surface area contributed by atoms with Gasteiger partial charge in [-0.3, -0.25) is 4.79 Å². The first-order valence-electron chi connectivity index (χ1n) is 8.53. The van der Waals surface area contributed by atoms with Crippen molar-refractivity contribution in [2.75, 3.05) is 13.1 Å². The van der Waals surface area contributed by atoms with Crippen LogP contribution in [0.15, 0.2) is 30.3 Å². The summed E-state index contributed by atoms with van der Waals surface area (Å²) in [6.45, 7) is 4.21. The zero-order valence-corrected chi connectivity index (χ0v) is 13.2. The van der Waals surface area contributed by atoms with E-state index in [2.05, 4.69) is 42.2 Å². The molecular formula is C19H27NO. The molecule has 1 aromatic carbocycles. The van der Waals surface area contributed by atoms with E-state index in [1.165, 1.54) is 24.8 Å². The monoisotopic (exact) mass is 285 g/mol. The van der Waals surface area contributed by atoms with Crippen molar-refractivity contribution in [1.29, 1.82) is 0 Å². The van der Waals surface area contributed by atoms with Gasteiger partial charge in [-0.15, -0.1) is 0 Å². The third-order valence-electron chi connectivity index (χ3n) is 5.60. The van der Waals surface area contributed by atoms with E-state index in [9.17, 15) is 4.79 Å². The fourth-order valence-corrected chi connectivity index (χ4v) is 3.96. The largest absolute Gasteiger partial charge is 0.342 e. The molecule has 0 radical (unpaired) electrons. The first-order chi connectivity index (χ1) is 10.2. The van der Waals surface area contributed by atoms with Gasteiger partial charge in [0.1, 0.15) is 0 Å². The quantitative estimate of drug-likeness (QED) is 0.799. The molecule has 0 atom stereocenters. The van der Waals surface area contributed by atoms with Crippen molar-refractivity contribution in [2.45, 2.75) is 57.3 Å². The number of benzene rings is 1. The van der Waals surface area contributed by atoms with Crippen LogP contribution in [0.2, 0.25) is 0 Å². The molecule has 1 heterocycles. The van der Waals surface area contributed by atoms with E-state index < -0.39 is 0 Å². The van der Waals surface area contributed by atoms with Gasteiger partial charge >= 0.3 is 0 Å². The average Bonchev–Trinajstić information content (AvgIpc) is 2.57. The van der Waals surface area contributed by atoms with E-state index in [0.717, 1.165) is 38.8 Å². The summed E-state index contributed by atoms with van der Waals surface area (Å²) in [5, 5.41) is 0. The van der Waals surface area contributed by atoms with Crippen LogP contribution < -0.4 is 0 Å². The van der Waals surface area contributed by atoms with Crippen LogP contribution in [-0.2, 0) is 10.2 Å². The van der Waals surface area contributed by atoms with Gasteiger partial charge in [-0.1, -0.05) is 56.5 Å². The lowest BCUT2D eigenvalue weighted by Gasteiger charge is -2.41. The van der Waals surface area contributed by atoms with Gasteiger partial charge in [0.05, 0.1) is 0 Å². The molecule has 1 aliphatic carbocycles. The molecule has 2 heteroatoms. The Bertz CT molecular complexity index is 468. The SMILES string of the molecule is CC1(c2ccccc2)CCN(C(=O)C2CCCCC2)CC1. The molecular weight excluding hydrogens is 258 g/mol. The summed E-state index contributed by atoms with van der Waals surface area (Å²) in [6, 6.07) is 10.8. The Hall–Kier alpha value is -1.31. The molecule has 2 aliphatic rings. The first-order valence-corrected chi connectivity index (χ1v) is 8.53. The molecule has 1 saturated carbocycles. The molecule has 2 fully saturated rings. The second-order valence-electron chi connectivity index (χ2n) is 7.09. The van der Waals surface area contributed by atoms with Crippen LogP contribution in [-0.4, -0.2) is 23.9 Å². The molecule has 2 nitrogen and oxygen atoms in total. The molecule has 114 valence electrons. The van der Waals surface area contributed by atoms with Gasteiger partial charge in [0, 0.05) is 19.0 Å². The Kier molecular flexibility index (Phi) is 4.32. The normalized spacial score (nSPS) is 23.0. The second-order valence-corrected chi connectivity index (χ2v) is 7.09. The van der Waals surface area contributed by atoms with Gasteiger partial charge in [-0.2, -0.15) is 0 Å². The van der Waals surface area contributed by atoms with Crippen LogP contribution in [0.4, 0.5) is 0 Å². The summed E-state index contributed by atoms with van der Waals surface area (Å²) in [5.74, 6) is 0.754. The van der Waals surface area contributed by atoms with Crippen molar-refractivity contribution in [3.63, 3.8) is 0 Å². The fourth-order valence-electron chi connectivity index (χ4n) is 3.96. The number of nitrogens with zero attached hydrogens (tertiary/aromatic N) is 1. The lowest BCUT2D eigenvalue weighted by molar-refractivity contribution is -0.138. The van der Waals surface area contributed by atoms with Crippen LogP contribution >= 0.6 is 0 Å². The summed E-state index contributed by atoms with van der Waals surface area (Å²) >= 11 is 0. The summed E-state index contributed by atoms with van der Waals surface area (Å²) in [5.41, 5.74) is 1.67. The smallest absolute Gasteiger partial charge is 0.225 e. The zero-order valence-electron chi connectivity index (χ0n) is 13.2. The highest BCUT2D eigenvalue weighted by molar-refractivity contribution is 5.79. The lowest BCUT2D eigenvalue weighted by Crippen LogP contribution is -2.46. The van der Waals surface area contributed by atoms with Gasteiger partial charge in [-0.25, -0.2) is 0 Å². The van der Waals surface area contributed by atoms with Crippen LogP contribution in [0.5, 0.6) is 0 Å². The molecule has 1 amide bonds. The molecule has 0 bridgehead atoms. The maximum atomic E-state index is 12.6. The minimum Gasteiger partial charge on any atom is -0.342 e. The predicted octanol–water partition coefficient (Wildman–Crippen LogP) is 4.15. The Morgan fingerprint density at radius 3 is 2.29 bits per heavy atom. The minimum absolute atomic E-state index is 0.241. The molecule has 1 saturated heterocycles. The third kappa shape index (κ3) is 3.14. The van der Waals surface area contributed by atoms with Crippen LogP contribution in [0.3, 0.4) is 0 Å². The highest BCUT2D eigenvalue weighted by Crippen LogP contribution is 2.36. The first kappa shape index (κ1) is 14.6. The highest BCUT2D eigenvalue weighted by Gasteiger charge is 2.35. The minimum atomic E-state index is 0.241. The number of carbonyl (C=O) groups excluding carboxylic acids is 1. The highest BCUT2D eigenvalue weighted by atomic mass is 16.2. The van der Waals surface area contributed by atoms with Crippen molar-refractivity contribution in [2.24, 2.45) is 5.92 Å². The van der Waals surface area contributed by atoms with Crippen LogP contribution in [0, 0.1) is 5.92 Å². The van der Waals surface area contributed by atoms with Gasteiger partial charge in [-0.05, 0) is 36.7 Å². The fraction of sp³-hybridized carbons (Fsp3) is 0.632. The van der Waals surface area contributed by atoms with E-state index in [4.69, 9.17) is 0 Å². The Morgan fingerprint density at radius 2 is 1.67 bits per heavy atom. The number of hydrogen-bond donors (Lipinski definition) is 0. The van der Waals surface area contributed by atoms with Gasteiger partial charge < -0.3 is 4.90 Å². The lowest BCUT2D eigenvalue weighted by atomic mass is 9.74. The average molecular weight is 285 g/mol. The second kappa shape index (κ2) is 6.21. The van der Waals surface area contributed by atoms with Crippen molar-refractivity contribution in [3.05, 3.63) is 35.9 Å². The van der Waals surface area contributed by atoms with E-state index in [-0.39, 0.29) is 5.41 Å². The van der Waals surface area contributed by atoms with Crippen LogP contribution in [0.1, 0.15) is 57.4 Å². The molecule has 0 N–H and O–H groups in total. The maximum absolute atomic E-state index is 12.6. The molecule has 1 aromatic rings. The van der Waals surface area contributed by atoms with Crippen molar-refractivity contribution in [3.8, 4) is 0 Å². The standard InChI is InChI=1S/C19H27NO/c1-19(17-10-6-3-7-11-17)12-14-20(15-13-19)18(21)16-8-4-2-5-9-16/h3,6-7,10-11,16H,2,4-5,8-9,12-15H2,1H3. The van der Waals surface area contributed by atoms with E-state index in [1.54, 1.807) is 0 Å². The van der Waals surface area contributed by atoms with E-state index >= 15 is 0 Å². The molecule has 0 aromatic heterocycles. The van der Waals surface area contributed by atoms with Crippen molar-refractivity contribution >= 4 is 5.91 Å². The number of likely N-dealkylation sites (tertiary alicyclic amines) is 1. The zero-order chi connectivity index (χ0) is 14.7. The molecule has 1 aliphatic heterocycles. The Labute approximate surface area is 128 Å². The van der Waals surface area contributed by atoms with Crippen LogP contribution in [0.25, 0.3) is 0 Å². The number of amides is 1. The molecule has 0 spiro atoms. The van der Waals surface area contributed by atoms with Crippen molar-refractivity contribution < 1.29 is 4.79 Å². The van der Waals surface area contributed by atoms with Gasteiger partial charge in [0.2, 0.25) is 5.91 Å². The Balaban J connectivity index is 1.61. The third-order valence-corrected chi connectivity index (χ3v) is 5.60. The van der Waals surface area contributed by atoms with Gasteiger partial charge in [0.15, 0.2) is 0 Å². The summed E-state index contributed by atoms with van der Waals surface area (Å²) in [4.78, 5) is 14.8. The molecule has 3 rings (SSSR count). The van der Waals surface area contributed by atoms with E-state index in [0.29, 0.717) is 11.8 Å². The summed E-state index contributed by atoms with van der Waals surface area (Å²) < 4.78 is 0. The predicted molar refractivity (Wildman–Crippen MR) is 86.2 cm³/mol. The number of rotatable bonds is 2. The maximum Gasteiger partial charge on any atom is 0.225 e. The summed E-state index contributed by atoms with van der Waals surface area (Å²) in [6.07, 6.45) is 8.22. The Morgan fingerprint density at radius 1 is 1.05 bits per heavy atom. The number of carbonyl (C=O) groups is 1. The number of hydrogen-bond acceptors (Lipinski definition) is 1. The number of piperidine rings is 1. The topological polar surface area (TPSA) is 20.3 Å². The molecule has 0 unspecified atom stereocenters. The summed E-state index contributed by atoms with van der Waals surface area (Å²) in [7, 11) is 0. The van der Waals surface area contributed by atoms with Crippen molar-refractivity contribution in [1.82, 2.24) is 4.90 Å². The molecule has 21 heavy (non-hydrogen) atoms. The van der Waals surface area contributed by atoms with E-state index in [1.807, 2.05) is 0 Å². The van der Waals surface area contributed by atoms with Gasteiger partial charge in [0.25, 0.3) is 0 Å².